The first-order chi connectivity index (χ1) is 11.5. The van der Waals surface area contributed by atoms with Gasteiger partial charge in [0.15, 0.2) is 11.6 Å². The van der Waals surface area contributed by atoms with E-state index in [1.165, 1.54) is 25.3 Å². The molecule has 0 radical (unpaired) electrons. The fourth-order valence-corrected chi connectivity index (χ4v) is 2.27. The molecule has 2 aromatic rings. The zero-order valence-corrected chi connectivity index (χ0v) is 13.9. The van der Waals surface area contributed by atoms with E-state index in [2.05, 4.69) is 5.32 Å². The van der Waals surface area contributed by atoms with Crippen LogP contribution in [0.15, 0.2) is 48.5 Å². The average molecular weight is 329 g/mol. The van der Waals surface area contributed by atoms with Crippen molar-refractivity contribution >= 4 is 12.0 Å². The van der Waals surface area contributed by atoms with Crippen molar-refractivity contribution in [1.29, 1.82) is 0 Å². The maximum Gasteiger partial charge on any atom is 0.244 e. The van der Waals surface area contributed by atoms with Crippen LogP contribution in [0.5, 0.6) is 11.5 Å². The number of ether oxygens (including phenoxy) is 2. The molecule has 24 heavy (non-hydrogen) atoms. The van der Waals surface area contributed by atoms with Crippen LogP contribution >= 0.6 is 0 Å². The van der Waals surface area contributed by atoms with Gasteiger partial charge in [0.1, 0.15) is 5.75 Å². The Morgan fingerprint density at radius 1 is 1.12 bits per heavy atom. The van der Waals surface area contributed by atoms with Gasteiger partial charge in [-0.2, -0.15) is 0 Å². The lowest BCUT2D eigenvalue weighted by Gasteiger charge is -2.14. The highest BCUT2D eigenvalue weighted by Gasteiger charge is 2.11. The maximum atomic E-state index is 13.7. The third kappa shape index (κ3) is 4.35. The number of hydrogen-bond acceptors (Lipinski definition) is 3. The van der Waals surface area contributed by atoms with Crippen molar-refractivity contribution < 1.29 is 18.7 Å². The summed E-state index contributed by atoms with van der Waals surface area (Å²) in [6.07, 6.45) is 3.10. The normalized spacial score (nSPS) is 12.0. The number of nitrogens with one attached hydrogen (secondary N) is 1. The van der Waals surface area contributed by atoms with E-state index in [1.54, 1.807) is 26.2 Å². The van der Waals surface area contributed by atoms with E-state index in [4.69, 9.17) is 9.47 Å². The summed E-state index contributed by atoms with van der Waals surface area (Å²) in [6, 6.07) is 11.7. The third-order valence-corrected chi connectivity index (χ3v) is 3.59. The molecule has 5 heteroatoms. The summed E-state index contributed by atoms with van der Waals surface area (Å²) in [4.78, 5) is 12.1. The van der Waals surface area contributed by atoms with E-state index >= 15 is 0 Å². The summed E-state index contributed by atoms with van der Waals surface area (Å²) in [6.45, 7) is 1.79. The number of carbonyl (C=O) groups is 1. The Bertz CT molecular complexity index is 743. The fraction of sp³-hybridized carbons (Fsp3) is 0.211. The quantitative estimate of drug-likeness (QED) is 0.822. The number of benzene rings is 2. The molecule has 0 heterocycles. The predicted octanol–water partition coefficient (Wildman–Crippen LogP) is 3.73. The van der Waals surface area contributed by atoms with Gasteiger partial charge in [0.2, 0.25) is 5.91 Å². The van der Waals surface area contributed by atoms with Crippen LogP contribution in [-0.2, 0) is 4.79 Å². The number of hydrogen-bond donors (Lipinski definition) is 1. The summed E-state index contributed by atoms with van der Waals surface area (Å²) in [5.74, 6) is 0.130. The Balaban J connectivity index is 2.03. The van der Waals surface area contributed by atoms with Crippen molar-refractivity contribution in [2.24, 2.45) is 0 Å². The van der Waals surface area contributed by atoms with E-state index in [0.717, 1.165) is 5.56 Å². The van der Waals surface area contributed by atoms with Crippen LogP contribution < -0.4 is 14.8 Å². The molecular formula is C19H20FNO3. The van der Waals surface area contributed by atoms with E-state index in [0.29, 0.717) is 11.3 Å². The SMILES string of the molecule is COc1ccc([C@@H](C)NC(=O)/C=C/c2ccccc2OC)cc1F. The van der Waals surface area contributed by atoms with Gasteiger partial charge in [-0.25, -0.2) is 4.39 Å². The minimum atomic E-state index is -0.458. The molecule has 0 aliphatic carbocycles. The Hall–Kier alpha value is -2.82. The highest BCUT2D eigenvalue weighted by molar-refractivity contribution is 5.92. The summed E-state index contributed by atoms with van der Waals surface area (Å²) >= 11 is 0. The van der Waals surface area contributed by atoms with Gasteiger partial charge in [-0.05, 0) is 36.8 Å². The minimum Gasteiger partial charge on any atom is -0.496 e. The molecule has 0 spiro atoms. The van der Waals surface area contributed by atoms with Gasteiger partial charge < -0.3 is 14.8 Å². The van der Waals surface area contributed by atoms with Gasteiger partial charge in [-0.15, -0.1) is 0 Å². The molecule has 0 aromatic heterocycles. The molecule has 0 unspecified atom stereocenters. The number of amides is 1. The molecule has 0 saturated heterocycles. The van der Waals surface area contributed by atoms with Crippen molar-refractivity contribution in [1.82, 2.24) is 5.32 Å². The van der Waals surface area contributed by atoms with Gasteiger partial charge in [0.05, 0.1) is 20.3 Å². The first-order valence-electron chi connectivity index (χ1n) is 7.50. The van der Waals surface area contributed by atoms with Gasteiger partial charge >= 0.3 is 0 Å². The monoisotopic (exact) mass is 329 g/mol. The Kier molecular flexibility index (Phi) is 5.95. The smallest absolute Gasteiger partial charge is 0.244 e. The van der Waals surface area contributed by atoms with Crippen molar-refractivity contribution in [2.75, 3.05) is 14.2 Å². The second-order valence-corrected chi connectivity index (χ2v) is 5.20. The lowest BCUT2D eigenvalue weighted by molar-refractivity contribution is -0.117. The molecule has 0 aliphatic rings. The van der Waals surface area contributed by atoms with Crippen LogP contribution in [0.4, 0.5) is 4.39 Å². The minimum absolute atomic E-state index is 0.174. The summed E-state index contributed by atoms with van der Waals surface area (Å²) < 4.78 is 23.8. The van der Waals surface area contributed by atoms with Crippen LogP contribution in [0.1, 0.15) is 24.1 Å². The second kappa shape index (κ2) is 8.15. The van der Waals surface area contributed by atoms with Crippen molar-refractivity contribution in [3.8, 4) is 11.5 Å². The Morgan fingerprint density at radius 3 is 2.50 bits per heavy atom. The highest BCUT2D eigenvalue weighted by atomic mass is 19.1. The predicted molar refractivity (Wildman–Crippen MR) is 91.5 cm³/mol. The molecule has 126 valence electrons. The number of carbonyl (C=O) groups excluding carboxylic acids is 1. The van der Waals surface area contributed by atoms with Gasteiger partial charge in [-0.3, -0.25) is 4.79 Å². The Labute approximate surface area is 140 Å². The molecule has 2 aromatic carbocycles. The number of para-hydroxylation sites is 1. The molecule has 1 N–H and O–H groups in total. The molecule has 0 fully saturated rings. The number of rotatable bonds is 6. The van der Waals surface area contributed by atoms with E-state index in [-0.39, 0.29) is 17.7 Å². The molecule has 0 bridgehead atoms. The number of halogens is 1. The highest BCUT2D eigenvalue weighted by Crippen LogP contribution is 2.22. The van der Waals surface area contributed by atoms with Crippen LogP contribution in [0, 0.1) is 5.82 Å². The summed E-state index contributed by atoms with van der Waals surface area (Å²) in [5.41, 5.74) is 1.46. The van der Waals surface area contributed by atoms with Crippen molar-refractivity contribution in [3.63, 3.8) is 0 Å². The van der Waals surface area contributed by atoms with Crippen LogP contribution in [0.3, 0.4) is 0 Å². The number of methoxy groups -OCH3 is 2. The van der Waals surface area contributed by atoms with Crippen LogP contribution in [0.25, 0.3) is 6.08 Å². The lowest BCUT2D eigenvalue weighted by Crippen LogP contribution is -2.24. The van der Waals surface area contributed by atoms with Gasteiger partial charge in [0.25, 0.3) is 0 Å². The Morgan fingerprint density at radius 2 is 1.83 bits per heavy atom. The summed E-state index contributed by atoms with van der Waals surface area (Å²) in [5, 5.41) is 2.79. The maximum absolute atomic E-state index is 13.7. The zero-order valence-electron chi connectivity index (χ0n) is 13.9. The first kappa shape index (κ1) is 17.5. The van der Waals surface area contributed by atoms with Crippen LogP contribution in [-0.4, -0.2) is 20.1 Å². The topological polar surface area (TPSA) is 47.6 Å². The molecule has 1 amide bonds. The summed E-state index contributed by atoms with van der Waals surface area (Å²) in [7, 11) is 2.99. The molecule has 1 atom stereocenters. The second-order valence-electron chi connectivity index (χ2n) is 5.20. The van der Waals surface area contributed by atoms with E-state index in [9.17, 15) is 9.18 Å². The van der Waals surface area contributed by atoms with Gasteiger partial charge in [0, 0.05) is 11.6 Å². The van der Waals surface area contributed by atoms with E-state index in [1.807, 2.05) is 24.3 Å². The molecular weight excluding hydrogens is 309 g/mol. The first-order valence-corrected chi connectivity index (χ1v) is 7.50. The fourth-order valence-electron chi connectivity index (χ4n) is 2.27. The van der Waals surface area contributed by atoms with Gasteiger partial charge in [-0.1, -0.05) is 24.3 Å². The standard InChI is InChI=1S/C19H20FNO3/c1-13(15-8-10-18(24-3)16(20)12-15)21-19(22)11-9-14-6-4-5-7-17(14)23-2/h4-13H,1-3H3,(H,21,22)/b11-9+/t13-/m1/s1. The van der Waals surface area contributed by atoms with E-state index < -0.39 is 5.82 Å². The van der Waals surface area contributed by atoms with Crippen molar-refractivity contribution in [3.05, 3.63) is 65.5 Å². The molecule has 0 aliphatic heterocycles. The molecule has 4 nitrogen and oxygen atoms in total. The van der Waals surface area contributed by atoms with Crippen LogP contribution in [0.2, 0.25) is 0 Å². The third-order valence-electron chi connectivity index (χ3n) is 3.59. The molecule has 0 saturated carbocycles. The molecule has 2 rings (SSSR count). The lowest BCUT2D eigenvalue weighted by atomic mass is 10.1. The largest absolute Gasteiger partial charge is 0.496 e. The van der Waals surface area contributed by atoms with Crippen molar-refractivity contribution in [2.45, 2.75) is 13.0 Å². The average Bonchev–Trinajstić information content (AvgIpc) is 2.60. The zero-order chi connectivity index (χ0) is 17.5.